The number of hydrogen-bond donors (Lipinski definition) is 3. The van der Waals surface area contributed by atoms with Crippen molar-refractivity contribution in [3.05, 3.63) is 53.6 Å². The lowest BCUT2D eigenvalue weighted by Gasteiger charge is -2.22. The van der Waals surface area contributed by atoms with E-state index in [2.05, 4.69) is 10.6 Å². The number of carbonyl (C=O) groups excluding carboxylic acids is 5. The average molecular weight is 539 g/mol. The van der Waals surface area contributed by atoms with Crippen molar-refractivity contribution >= 4 is 35.0 Å². The van der Waals surface area contributed by atoms with Gasteiger partial charge in [-0.15, -0.1) is 0 Å². The van der Waals surface area contributed by atoms with E-state index in [0.717, 1.165) is 0 Å². The first-order valence-electron chi connectivity index (χ1n) is 13.1. The highest BCUT2D eigenvalue weighted by atomic mass is 16.5. The first-order valence-corrected chi connectivity index (χ1v) is 13.1. The smallest absolute Gasteiger partial charge is 0.342 e. The Labute approximate surface area is 227 Å². The molecule has 0 saturated heterocycles. The SMILES string of the molecule is C[C@@H]1CCC(=O)C(=O)C(=O)CCCc2cc(OCCCNC(=O)Nc3ccccc3)cc(O)c2C(=O)O[C@H]1C. The molecule has 2 amide bonds. The molecule has 1 heterocycles. The van der Waals surface area contributed by atoms with Crippen LogP contribution in [0.2, 0.25) is 0 Å². The number of amides is 2. The van der Waals surface area contributed by atoms with Crippen LogP contribution in [0.3, 0.4) is 0 Å². The zero-order valence-electron chi connectivity index (χ0n) is 22.2. The molecule has 2 aromatic carbocycles. The number of aryl methyl sites for hydroxylation is 1. The third kappa shape index (κ3) is 8.66. The van der Waals surface area contributed by atoms with Crippen LogP contribution < -0.4 is 15.4 Å². The van der Waals surface area contributed by atoms with Gasteiger partial charge in [0.2, 0.25) is 11.6 Å². The van der Waals surface area contributed by atoms with E-state index >= 15 is 0 Å². The topological polar surface area (TPSA) is 148 Å². The van der Waals surface area contributed by atoms with Gasteiger partial charge in [-0.3, -0.25) is 14.4 Å². The largest absolute Gasteiger partial charge is 0.507 e. The fraction of sp³-hybridized carbons (Fsp3) is 0.414. The highest BCUT2D eigenvalue weighted by Gasteiger charge is 2.28. The summed E-state index contributed by atoms with van der Waals surface area (Å²) in [5, 5.41) is 16.1. The van der Waals surface area contributed by atoms with Gasteiger partial charge in [0.25, 0.3) is 5.78 Å². The monoisotopic (exact) mass is 538 g/mol. The van der Waals surface area contributed by atoms with Crippen molar-refractivity contribution in [3.8, 4) is 11.5 Å². The van der Waals surface area contributed by atoms with Gasteiger partial charge in [-0.05, 0) is 62.3 Å². The molecule has 0 bridgehead atoms. The minimum absolute atomic E-state index is 0.0208. The molecule has 0 fully saturated rings. The first-order chi connectivity index (χ1) is 18.7. The number of esters is 1. The van der Waals surface area contributed by atoms with Gasteiger partial charge in [0.15, 0.2) is 0 Å². The van der Waals surface area contributed by atoms with Crippen LogP contribution in [0.25, 0.3) is 0 Å². The molecule has 0 spiro atoms. The first kappa shape index (κ1) is 29.3. The Kier molecular flexibility index (Phi) is 10.6. The van der Waals surface area contributed by atoms with Gasteiger partial charge in [0, 0.05) is 31.1 Å². The van der Waals surface area contributed by atoms with Gasteiger partial charge in [0.1, 0.15) is 23.2 Å². The fourth-order valence-corrected chi connectivity index (χ4v) is 4.09. The molecule has 0 radical (unpaired) electrons. The maximum Gasteiger partial charge on any atom is 0.342 e. The number of hydrogen-bond acceptors (Lipinski definition) is 8. The average Bonchev–Trinajstić information content (AvgIpc) is 2.90. The quantitative estimate of drug-likeness (QED) is 0.284. The number of aromatic hydroxyl groups is 1. The Hall–Kier alpha value is -4.21. The Morgan fingerprint density at radius 2 is 1.74 bits per heavy atom. The number of cyclic esters (lactones) is 1. The Bertz CT molecular complexity index is 1210. The van der Waals surface area contributed by atoms with Crippen molar-refractivity contribution in [2.45, 2.75) is 58.5 Å². The van der Waals surface area contributed by atoms with Crippen molar-refractivity contribution in [1.82, 2.24) is 5.32 Å². The van der Waals surface area contributed by atoms with Gasteiger partial charge in [-0.1, -0.05) is 25.1 Å². The molecule has 2 atom stereocenters. The lowest BCUT2D eigenvalue weighted by molar-refractivity contribution is -0.144. The minimum atomic E-state index is -1.00. The van der Waals surface area contributed by atoms with Crippen molar-refractivity contribution in [1.29, 1.82) is 0 Å². The summed E-state index contributed by atoms with van der Waals surface area (Å²) in [5.41, 5.74) is 1.05. The number of anilines is 1. The number of phenols is 1. The molecule has 0 saturated carbocycles. The molecule has 39 heavy (non-hydrogen) atoms. The second-order valence-corrected chi connectivity index (χ2v) is 9.58. The number of benzene rings is 2. The van der Waals surface area contributed by atoms with Gasteiger partial charge < -0.3 is 25.2 Å². The fourth-order valence-electron chi connectivity index (χ4n) is 4.09. The van der Waals surface area contributed by atoms with E-state index in [0.29, 0.717) is 30.0 Å². The number of carbonyl (C=O) groups is 5. The van der Waals surface area contributed by atoms with E-state index < -0.39 is 29.4 Å². The predicted molar refractivity (Wildman–Crippen MR) is 143 cm³/mol. The zero-order chi connectivity index (χ0) is 28.4. The Morgan fingerprint density at radius 1 is 1.03 bits per heavy atom. The van der Waals surface area contributed by atoms with Crippen LogP contribution in [0, 0.1) is 5.92 Å². The number of fused-ring (bicyclic) bond motifs is 1. The van der Waals surface area contributed by atoms with Crippen LogP contribution in [0.1, 0.15) is 61.9 Å². The highest BCUT2D eigenvalue weighted by Crippen LogP contribution is 2.31. The van der Waals surface area contributed by atoms with Crippen LogP contribution in [-0.4, -0.2) is 53.7 Å². The summed E-state index contributed by atoms with van der Waals surface area (Å²) in [5.74, 6) is -3.49. The normalized spacial score (nSPS) is 18.9. The predicted octanol–water partition coefficient (Wildman–Crippen LogP) is 3.99. The van der Waals surface area contributed by atoms with Crippen molar-refractivity contribution in [2.75, 3.05) is 18.5 Å². The van der Waals surface area contributed by atoms with E-state index in [1.54, 1.807) is 32.0 Å². The molecule has 0 unspecified atom stereocenters. The number of rotatable bonds is 6. The summed E-state index contributed by atoms with van der Waals surface area (Å²) in [6.07, 6.45) is 0.273. The van der Waals surface area contributed by atoms with E-state index in [1.807, 2.05) is 18.2 Å². The summed E-state index contributed by atoms with van der Waals surface area (Å²) < 4.78 is 11.3. The lowest BCUT2D eigenvalue weighted by atomic mass is 9.94. The molecule has 10 heteroatoms. The molecule has 2 aromatic rings. The summed E-state index contributed by atoms with van der Waals surface area (Å²) >= 11 is 0. The van der Waals surface area contributed by atoms with Crippen LogP contribution >= 0.6 is 0 Å². The van der Waals surface area contributed by atoms with Crippen LogP contribution in [0.15, 0.2) is 42.5 Å². The van der Waals surface area contributed by atoms with Crippen LogP contribution in [0.5, 0.6) is 11.5 Å². The second-order valence-electron chi connectivity index (χ2n) is 9.58. The number of nitrogens with one attached hydrogen (secondary N) is 2. The Balaban J connectivity index is 1.65. The maximum absolute atomic E-state index is 13.0. The second kappa shape index (κ2) is 14.1. The summed E-state index contributed by atoms with van der Waals surface area (Å²) in [7, 11) is 0. The summed E-state index contributed by atoms with van der Waals surface area (Å²) in [6.45, 7) is 4.01. The van der Waals surface area contributed by atoms with Crippen LogP contribution in [0.4, 0.5) is 10.5 Å². The van der Waals surface area contributed by atoms with Crippen molar-refractivity contribution in [3.63, 3.8) is 0 Å². The highest BCUT2D eigenvalue weighted by molar-refractivity contribution is 6.63. The molecule has 208 valence electrons. The van der Waals surface area contributed by atoms with Gasteiger partial charge >= 0.3 is 12.0 Å². The molecule has 0 aliphatic carbocycles. The molecule has 3 rings (SSSR count). The maximum atomic E-state index is 13.0. The third-order valence-corrected chi connectivity index (χ3v) is 6.56. The third-order valence-electron chi connectivity index (χ3n) is 6.56. The van der Waals surface area contributed by atoms with E-state index in [-0.39, 0.29) is 62.0 Å². The summed E-state index contributed by atoms with van der Waals surface area (Å²) in [4.78, 5) is 61.4. The standard InChI is InChI=1S/C29H34N2O8/c1-18-12-13-24(33)27(35)23(32)11-6-8-20-16-22(17-25(34)26(20)28(36)39-19(18)2)38-15-7-14-30-29(37)31-21-9-4-3-5-10-21/h3-5,9-10,16-19,34H,6-8,11-15H2,1-2H3,(H2,30,31,37)/t18-,19+/m1/s1. The summed E-state index contributed by atoms with van der Waals surface area (Å²) in [6, 6.07) is 11.6. The number of para-hydroxylation sites is 1. The van der Waals surface area contributed by atoms with Crippen molar-refractivity contribution in [2.24, 2.45) is 5.92 Å². The lowest BCUT2D eigenvalue weighted by Crippen LogP contribution is -2.30. The van der Waals surface area contributed by atoms with Crippen LogP contribution in [-0.2, 0) is 25.5 Å². The van der Waals surface area contributed by atoms with E-state index in [4.69, 9.17) is 9.47 Å². The molecule has 1 aliphatic heterocycles. The van der Waals surface area contributed by atoms with Gasteiger partial charge in [-0.25, -0.2) is 9.59 Å². The molecular weight excluding hydrogens is 504 g/mol. The molecule has 0 aromatic heterocycles. The Morgan fingerprint density at radius 3 is 2.49 bits per heavy atom. The van der Waals surface area contributed by atoms with Crippen molar-refractivity contribution < 1.29 is 38.6 Å². The zero-order valence-corrected chi connectivity index (χ0v) is 22.2. The van der Waals surface area contributed by atoms with Gasteiger partial charge in [-0.2, -0.15) is 0 Å². The number of urea groups is 1. The molecule has 1 aliphatic rings. The number of ether oxygens (including phenoxy) is 2. The number of Topliss-reactive ketones (excluding diaryl/α,β-unsaturated/α-hetero) is 3. The van der Waals surface area contributed by atoms with E-state index in [1.165, 1.54) is 6.07 Å². The number of ketones is 3. The minimum Gasteiger partial charge on any atom is -0.507 e. The number of phenolic OH excluding ortho intramolecular Hbond substituents is 1. The molecule has 3 N–H and O–H groups in total. The molecular formula is C29H34N2O8. The molecule has 10 nitrogen and oxygen atoms in total. The van der Waals surface area contributed by atoms with Gasteiger partial charge in [0.05, 0.1) is 6.61 Å². The van der Waals surface area contributed by atoms with E-state index in [9.17, 15) is 29.1 Å².